The summed E-state index contributed by atoms with van der Waals surface area (Å²) in [6, 6.07) is 12.3. The average molecular weight is 332 g/mol. The van der Waals surface area contributed by atoms with E-state index in [1.165, 1.54) is 25.2 Å². The average Bonchev–Trinajstić information content (AvgIpc) is 2.53. The highest BCUT2D eigenvalue weighted by atomic mass is 32.2. The zero-order valence-corrected chi connectivity index (χ0v) is 13.5. The van der Waals surface area contributed by atoms with E-state index in [1.807, 2.05) is 0 Å². The number of sulfone groups is 1. The van der Waals surface area contributed by atoms with Gasteiger partial charge >= 0.3 is 0 Å². The van der Waals surface area contributed by atoms with Gasteiger partial charge in [0.25, 0.3) is 11.8 Å². The number of hydrogen-bond donors (Lipinski definition) is 2. The van der Waals surface area contributed by atoms with Crippen LogP contribution in [0.4, 0.5) is 5.69 Å². The molecule has 120 valence electrons. The predicted molar refractivity (Wildman–Crippen MR) is 87.3 cm³/mol. The van der Waals surface area contributed by atoms with E-state index >= 15 is 0 Å². The minimum atomic E-state index is -3.52. The topological polar surface area (TPSA) is 92.3 Å². The van der Waals surface area contributed by atoms with Gasteiger partial charge in [0, 0.05) is 24.6 Å². The molecule has 7 heteroatoms. The number of nitrogens with one attached hydrogen (secondary N) is 2. The lowest BCUT2D eigenvalue weighted by molar-refractivity contribution is 0.0961. The highest BCUT2D eigenvalue weighted by Crippen LogP contribution is 2.18. The maximum Gasteiger partial charge on any atom is 0.256 e. The third kappa shape index (κ3) is 3.95. The van der Waals surface area contributed by atoms with Gasteiger partial charge in [-0.1, -0.05) is 18.2 Å². The number of anilines is 1. The van der Waals surface area contributed by atoms with Crippen LogP contribution >= 0.6 is 0 Å². The van der Waals surface area contributed by atoms with Crippen LogP contribution in [-0.2, 0) is 9.84 Å². The lowest BCUT2D eigenvalue weighted by Gasteiger charge is -2.10. The van der Waals surface area contributed by atoms with Gasteiger partial charge in [-0.2, -0.15) is 0 Å². The van der Waals surface area contributed by atoms with Crippen LogP contribution in [0, 0.1) is 0 Å². The highest BCUT2D eigenvalue weighted by Gasteiger charge is 2.18. The Morgan fingerprint density at radius 1 is 0.957 bits per heavy atom. The molecule has 6 nitrogen and oxygen atoms in total. The quantitative estimate of drug-likeness (QED) is 0.891. The number of carbonyl (C=O) groups is 2. The predicted octanol–water partition coefficient (Wildman–Crippen LogP) is 1.70. The smallest absolute Gasteiger partial charge is 0.256 e. The fourth-order valence-electron chi connectivity index (χ4n) is 2.06. The Morgan fingerprint density at radius 3 is 2.30 bits per heavy atom. The van der Waals surface area contributed by atoms with Crippen molar-refractivity contribution in [1.82, 2.24) is 5.32 Å². The lowest BCUT2D eigenvalue weighted by Crippen LogP contribution is -2.19. The second kappa shape index (κ2) is 6.62. The highest BCUT2D eigenvalue weighted by molar-refractivity contribution is 7.90. The van der Waals surface area contributed by atoms with Crippen molar-refractivity contribution in [2.24, 2.45) is 0 Å². The Bertz CT molecular complexity index is 860. The summed E-state index contributed by atoms with van der Waals surface area (Å²) in [7, 11) is -2.01. The first-order valence-corrected chi connectivity index (χ1v) is 8.64. The van der Waals surface area contributed by atoms with Crippen molar-refractivity contribution in [3.05, 3.63) is 59.7 Å². The standard InChI is InChI=1S/C16H16N2O4S/c1-17-15(19)11-6-5-7-12(10-11)18-16(20)13-8-3-4-9-14(13)23(2,21)22/h3-10H,1-2H3,(H,17,19)(H,18,20). The second-order valence-electron chi connectivity index (χ2n) is 4.88. The molecule has 2 amide bonds. The van der Waals surface area contributed by atoms with Gasteiger partial charge in [-0.15, -0.1) is 0 Å². The van der Waals surface area contributed by atoms with Gasteiger partial charge in [0.15, 0.2) is 9.84 Å². The Labute approximate surface area is 134 Å². The van der Waals surface area contributed by atoms with Crippen LogP contribution in [0.5, 0.6) is 0 Å². The molecule has 0 aliphatic carbocycles. The van der Waals surface area contributed by atoms with Crippen molar-refractivity contribution in [2.45, 2.75) is 4.90 Å². The molecule has 0 bridgehead atoms. The van der Waals surface area contributed by atoms with Crippen LogP contribution in [0.3, 0.4) is 0 Å². The molecule has 0 fully saturated rings. The lowest BCUT2D eigenvalue weighted by atomic mass is 10.1. The van der Waals surface area contributed by atoms with Crippen molar-refractivity contribution in [2.75, 3.05) is 18.6 Å². The molecule has 0 aliphatic heterocycles. The van der Waals surface area contributed by atoms with Gasteiger partial charge in [-0.3, -0.25) is 9.59 Å². The van der Waals surface area contributed by atoms with Gasteiger partial charge in [0.1, 0.15) is 0 Å². The summed E-state index contributed by atoms with van der Waals surface area (Å²) >= 11 is 0. The van der Waals surface area contributed by atoms with Crippen LogP contribution in [-0.4, -0.2) is 33.5 Å². The van der Waals surface area contributed by atoms with Crippen molar-refractivity contribution in [1.29, 1.82) is 0 Å². The van der Waals surface area contributed by atoms with Crippen LogP contribution in [0.25, 0.3) is 0 Å². The summed E-state index contributed by atoms with van der Waals surface area (Å²) < 4.78 is 23.5. The molecular weight excluding hydrogens is 316 g/mol. The van der Waals surface area contributed by atoms with Crippen LogP contribution in [0.1, 0.15) is 20.7 Å². The molecule has 2 aromatic rings. The summed E-state index contributed by atoms with van der Waals surface area (Å²) in [5.41, 5.74) is 0.849. The number of rotatable bonds is 4. The van der Waals surface area contributed by atoms with Crippen molar-refractivity contribution < 1.29 is 18.0 Å². The number of hydrogen-bond acceptors (Lipinski definition) is 4. The van der Waals surface area contributed by atoms with Crippen molar-refractivity contribution >= 4 is 27.3 Å². The van der Waals surface area contributed by atoms with Crippen LogP contribution < -0.4 is 10.6 Å². The van der Waals surface area contributed by atoms with Gasteiger partial charge in [0.2, 0.25) is 0 Å². The Morgan fingerprint density at radius 2 is 1.65 bits per heavy atom. The van der Waals surface area contributed by atoms with E-state index in [-0.39, 0.29) is 16.4 Å². The van der Waals surface area contributed by atoms with Crippen molar-refractivity contribution in [3.8, 4) is 0 Å². The molecule has 23 heavy (non-hydrogen) atoms. The van der Waals surface area contributed by atoms with Gasteiger partial charge in [-0.25, -0.2) is 8.42 Å². The molecule has 0 heterocycles. The molecule has 0 unspecified atom stereocenters. The summed E-state index contributed by atoms with van der Waals surface area (Å²) in [5, 5.41) is 5.10. The zero-order chi connectivity index (χ0) is 17.0. The van der Waals surface area contributed by atoms with Crippen LogP contribution in [0.2, 0.25) is 0 Å². The van der Waals surface area contributed by atoms with Crippen LogP contribution in [0.15, 0.2) is 53.4 Å². The summed E-state index contributed by atoms with van der Waals surface area (Å²) in [4.78, 5) is 23.9. The Kier molecular flexibility index (Phi) is 4.80. The molecule has 0 atom stereocenters. The number of amides is 2. The molecule has 2 rings (SSSR count). The third-order valence-electron chi connectivity index (χ3n) is 3.14. The largest absolute Gasteiger partial charge is 0.355 e. The molecule has 2 aromatic carbocycles. The zero-order valence-electron chi connectivity index (χ0n) is 12.7. The van der Waals surface area contributed by atoms with Gasteiger partial charge in [0.05, 0.1) is 10.5 Å². The van der Waals surface area contributed by atoms with Crippen molar-refractivity contribution in [3.63, 3.8) is 0 Å². The van der Waals surface area contributed by atoms with E-state index in [2.05, 4.69) is 10.6 Å². The van der Waals surface area contributed by atoms with E-state index in [1.54, 1.807) is 30.3 Å². The number of carbonyl (C=O) groups excluding carboxylic acids is 2. The maximum absolute atomic E-state index is 12.4. The first-order valence-electron chi connectivity index (χ1n) is 6.75. The minimum Gasteiger partial charge on any atom is -0.355 e. The van der Waals surface area contributed by atoms with Gasteiger partial charge < -0.3 is 10.6 Å². The molecule has 0 saturated heterocycles. The molecule has 0 radical (unpaired) electrons. The molecule has 0 saturated carbocycles. The van der Waals surface area contributed by atoms with E-state index in [0.29, 0.717) is 11.3 Å². The Hall–Kier alpha value is -2.67. The second-order valence-corrected chi connectivity index (χ2v) is 6.87. The van der Waals surface area contributed by atoms with E-state index < -0.39 is 15.7 Å². The fraction of sp³-hybridized carbons (Fsp3) is 0.125. The summed E-state index contributed by atoms with van der Waals surface area (Å²) in [5.74, 6) is -0.835. The SMILES string of the molecule is CNC(=O)c1cccc(NC(=O)c2ccccc2S(C)(=O)=O)c1. The summed E-state index contributed by atoms with van der Waals surface area (Å²) in [6.45, 7) is 0. The molecular formula is C16H16N2O4S. The Balaban J connectivity index is 2.32. The maximum atomic E-state index is 12.4. The first kappa shape index (κ1) is 16.7. The number of benzene rings is 2. The first-order chi connectivity index (χ1) is 10.8. The van der Waals surface area contributed by atoms with E-state index in [9.17, 15) is 18.0 Å². The molecule has 0 aromatic heterocycles. The fourth-order valence-corrected chi connectivity index (χ4v) is 2.94. The van der Waals surface area contributed by atoms with E-state index in [4.69, 9.17) is 0 Å². The monoisotopic (exact) mass is 332 g/mol. The minimum absolute atomic E-state index is 0.0417. The van der Waals surface area contributed by atoms with Gasteiger partial charge in [-0.05, 0) is 30.3 Å². The van der Waals surface area contributed by atoms with E-state index in [0.717, 1.165) is 6.26 Å². The normalized spacial score (nSPS) is 10.9. The molecule has 2 N–H and O–H groups in total. The third-order valence-corrected chi connectivity index (χ3v) is 4.30. The molecule has 0 spiro atoms. The molecule has 0 aliphatic rings. The summed E-state index contributed by atoms with van der Waals surface area (Å²) in [6.07, 6.45) is 1.05.